The van der Waals surface area contributed by atoms with Crippen LogP contribution in [0.2, 0.25) is 0 Å². The first-order valence-electron chi connectivity index (χ1n) is 11.0. The maximum Gasteiger partial charge on any atom is 0.249 e. The average molecular weight is 490 g/mol. The van der Waals surface area contributed by atoms with Crippen LogP contribution in [0.25, 0.3) is 0 Å². The molecule has 0 saturated carbocycles. The molecule has 0 unspecified atom stereocenters. The summed E-state index contributed by atoms with van der Waals surface area (Å²) < 4.78 is 41.6. The lowest BCUT2D eigenvalue weighted by Crippen LogP contribution is -2.54. The zero-order valence-electron chi connectivity index (χ0n) is 19.4. The van der Waals surface area contributed by atoms with Crippen LogP contribution in [0.4, 0.5) is 30.6 Å². The molecule has 11 heteroatoms. The van der Waals surface area contributed by atoms with Gasteiger partial charge in [0.1, 0.15) is 11.7 Å². The Kier molecular flexibility index (Phi) is 7.67. The molecular weight excluding hydrogens is 459 g/mol. The van der Waals surface area contributed by atoms with Crippen molar-refractivity contribution < 1.29 is 18.0 Å². The predicted octanol–water partition coefficient (Wildman–Crippen LogP) is 4.36. The van der Waals surface area contributed by atoms with Crippen LogP contribution in [0.15, 0.2) is 30.7 Å². The molecule has 35 heavy (non-hydrogen) atoms. The van der Waals surface area contributed by atoms with E-state index in [1.165, 1.54) is 4.68 Å². The van der Waals surface area contributed by atoms with Crippen LogP contribution in [0, 0.1) is 17.5 Å². The fraction of sp³-hybridized carbons (Fsp3) is 0.417. The second kappa shape index (κ2) is 10.3. The molecule has 8 nitrogen and oxygen atoms in total. The number of hydrogen-bond acceptors (Lipinski definition) is 6. The number of likely N-dealkylation sites (N-methyl/N-ethyl adjacent to an activating group) is 1. The topological polar surface area (TPSA) is 79.2 Å². The maximum atomic E-state index is 13.5. The first kappa shape index (κ1) is 26.0. The summed E-state index contributed by atoms with van der Waals surface area (Å²) in [7, 11) is 1.73. The van der Waals surface area contributed by atoms with E-state index < -0.39 is 17.5 Å². The summed E-state index contributed by atoms with van der Waals surface area (Å²) in [5, 5.41) is 7.35. The van der Waals surface area contributed by atoms with Crippen molar-refractivity contribution in [2.75, 3.05) is 22.2 Å². The van der Waals surface area contributed by atoms with Crippen molar-refractivity contribution in [1.82, 2.24) is 19.7 Å². The molecular formula is C24H30F3N7O. The molecule has 2 aromatic heterocycles. The van der Waals surface area contributed by atoms with Crippen molar-refractivity contribution >= 4 is 23.4 Å². The van der Waals surface area contributed by atoms with Gasteiger partial charge in [0.05, 0.1) is 18.9 Å². The Morgan fingerprint density at radius 1 is 1.11 bits per heavy atom. The van der Waals surface area contributed by atoms with E-state index >= 15 is 0 Å². The Hall–Kier alpha value is -3.63. The van der Waals surface area contributed by atoms with Gasteiger partial charge in [-0.2, -0.15) is 10.1 Å². The van der Waals surface area contributed by atoms with Crippen LogP contribution in [0.5, 0.6) is 0 Å². The van der Waals surface area contributed by atoms with Gasteiger partial charge in [0.25, 0.3) is 0 Å². The summed E-state index contributed by atoms with van der Waals surface area (Å²) in [5.41, 5.74) is 1.71. The van der Waals surface area contributed by atoms with Crippen LogP contribution in [0.3, 0.4) is 0 Å². The summed E-state index contributed by atoms with van der Waals surface area (Å²) in [6, 6.07) is 1.68. The zero-order chi connectivity index (χ0) is 24.6. The normalized spacial score (nSPS) is 15.3. The maximum absolute atomic E-state index is 13.5. The molecule has 1 aliphatic heterocycles. The molecule has 0 spiro atoms. The minimum absolute atomic E-state index is 0. The van der Waals surface area contributed by atoms with Crippen molar-refractivity contribution in [3.63, 3.8) is 0 Å². The largest absolute Gasteiger partial charge is 0.350 e. The lowest BCUT2D eigenvalue weighted by molar-refractivity contribution is -0.120. The predicted molar refractivity (Wildman–Crippen MR) is 129 cm³/mol. The third-order valence-electron chi connectivity index (χ3n) is 5.78. The Bertz CT molecular complexity index is 1190. The second-order valence-corrected chi connectivity index (χ2v) is 8.50. The highest BCUT2D eigenvalue weighted by molar-refractivity contribution is 6.04. The van der Waals surface area contributed by atoms with Gasteiger partial charge in [0.15, 0.2) is 23.3 Å². The molecule has 1 aliphatic rings. The number of rotatable bonds is 7. The van der Waals surface area contributed by atoms with Crippen LogP contribution in [-0.2, 0) is 17.9 Å². The standard InChI is InChI=1S/C23H26F3N7O.CH4/c1-5-18-22(34)31(4)19-10-28-23(30-21(19)33(18)13(2)3)27-8-15-9-29-32(12-15)11-14-6-16(24)20(26)17(25)7-14;/h6-7,9-10,12-13,18H,5,8,11H2,1-4H3,(H,27,28,30);1H4/t18-;/m0./s1. The molecule has 0 saturated heterocycles. The van der Waals surface area contributed by atoms with E-state index in [2.05, 4.69) is 20.4 Å². The molecule has 1 atom stereocenters. The number of amides is 1. The number of nitrogens with zero attached hydrogens (tertiary/aromatic N) is 6. The van der Waals surface area contributed by atoms with Gasteiger partial charge in [-0.3, -0.25) is 9.48 Å². The summed E-state index contributed by atoms with van der Waals surface area (Å²) in [6.07, 6.45) is 5.62. The minimum atomic E-state index is -1.49. The molecule has 4 rings (SSSR count). The number of hydrogen-bond donors (Lipinski definition) is 1. The van der Waals surface area contributed by atoms with Gasteiger partial charge in [0.2, 0.25) is 11.9 Å². The summed E-state index contributed by atoms with van der Waals surface area (Å²) in [5.74, 6) is -2.85. The van der Waals surface area contributed by atoms with Crippen LogP contribution >= 0.6 is 0 Å². The Morgan fingerprint density at radius 3 is 2.43 bits per heavy atom. The number of aromatic nitrogens is 4. The zero-order valence-corrected chi connectivity index (χ0v) is 19.4. The quantitative estimate of drug-likeness (QED) is 0.497. The molecule has 1 amide bonds. The Morgan fingerprint density at radius 2 is 1.80 bits per heavy atom. The molecule has 0 bridgehead atoms. The van der Waals surface area contributed by atoms with Gasteiger partial charge in [0, 0.05) is 31.4 Å². The van der Waals surface area contributed by atoms with E-state index in [9.17, 15) is 18.0 Å². The van der Waals surface area contributed by atoms with Gasteiger partial charge in [-0.25, -0.2) is 18.2 Å². The average Bonchev–Trinajstić information content (AvgIpc) is 3.25. The first-order chi connectivity index (χ1) is 16.2. The first-order valence-corrected chi connectivity index (χ1v) is 11.0. The molecule has 0 fully saturated rings. The molecule has 3 aromatic rings. The van der Waals surface area contributed by atoms with Gasteiger partial charge < -0.3 is 15.1 Å². The number of benzene rings is 1. The van der Waals surface area contributed by atoms with Crippen molar-refractivity contribution in [1.29, 1.82) is 0 Å². The second-order valence-electron chi connectivity index (χ2n) is 8.50. The van der Waals surface area contributed by atoms with Gasteiger partial charge >= 0.3 is 0 Å². The number of carbonyl (C=O) groups excluding carboxylic acids is 1. The Balaban J connectivity index is 0.00000342. The lowest BCUT2D eigenvalue weighted by Gasteiger charge is -2.42. The van der Waals surface area contributed by atoms with E-state index in [4.69, 9.17) is 0 Å². The highest BCUT2D eigenvalue weighted by atomic mass is 19.2. The van der Waals surface area contributed by atoms with E-state index in [-0.39, 0.29) is 37.5 Å². The number of fused-ring (bicyclic) bond motifs is 1. The van der Waals surface area contributed by atoms with Crippen LogP contribution in [-0.4, -0.2) is 44.8 Å². The molecule has 0 aliphatic carbocycles. The van der Waals surface area contributed by atoms with Crippen LogP contribution < -0.4 is 15.1 Å². The van der Waals surface area contributed by atoms with Crippen molar-refractivity contribution in [3.05, 3.63) is 59.3 Å². The van der Waals surface area contributed by atoms with Crippen molar-refractivity contribution in [3.8, 4) is 0 Å². The third kappa shape index (κ3) is 5.08. The fourth-order valence-corrected chi connectivity index (χ4v) is 4.11. The third-order valence-corrected chi connectivity index (χ3v) is 5.78. The number of halogens is 3. The van der Waals surface area contributed by atoms with Gasteiger partial charge in [-0.15, -0.1) is 0 Å². The van der Waals surface area contributed by atoms with Gasteiger partial charge in [-0.1, -0.05) is 14.4 Å². The molecule has 1 aromatic carbocycles. The van der Waals surface area contributed by atoms with Gasteiger partial charge in [-0.05, 0) is 38.0 Å². The minimum Gasteiger partial charge on any atom is -0.350 e. The summed E-state index contributed by atoms with van der Waals surface area (Å²) in [4.78, 5) is 25.4. The van der Waals surface area contributed by atoms with Crippen molar-refractivity contribution in [2.24, 2.45) is 0 Å². The summed E-state index contributed by atoms with van der Waals surface area (Å²) >= 11 is 0. The van der Waals surface area contributed by atoms with E-state index in [1.807, 2.05) is 25.7 Å². The number of anilines is 3. The van der Waals surface area contributed by atoms with E-state index in [0.717, 1.165) is 17.7 Å². The number of nitrogens with one attached hydrogen (secondary N) is 1. The SMILES string of the molecule is C.CC[C@H]1C(=O)N(C)c2cnc(NCc3cnn(Cc4cc(F)c(F)c(F)c4)c3)nc2N1C(C)C. The van der Waals surface area contributed by atoms with E-state index in [1.54, 1.807) is 30.5 Å². The molecule has 0 radical (unpaired) electrons. The monoisotopic (exact) mass is 489 g/mol. The smallest absolute Gasteiger partial charge is 0.249 e. The lowest BCUT2D eigenvalue weighted by atomic mass is 10.1. The molecule has 188 valence electrons. The molecule has 3 heterocycles. The van der Waals surface area contributed by atoms with E-state index in [0.29, 0.717) is 30.4 Å². The highest BCUT2D eigenvalue weighted by Gasteiger charge is 2.38. The fourth-order valence-electron chi connectivity index (χ4n) is 4.11. The highest BCUT2D eigenvalue weighted by Crippen LogP contribution is 2.36. The summed E-state index contributed by atoms with van der Waals surface area (Å²) in [6.45, 7) is 6.47. The Labute approximate surface area is 202 Å². The van der Waals surface area contributed by atoms with Crippen LogP contribution in [0.1, 0.15) is 45.7 Å². The number of carbonyl (C=O) groups is 1. The molecule has 1 N–H and O–H groups in total. The van der Waals surface area contributed by atoms with Crippen molar-refractivity contribution in [2.45, 2.75) is 59.8 Å².